The number of esters is 1. The van der Waals surface area contributed by atoms with Gasteiger partial charge >= 0.3 is 30.5 Å². The van der Waals surface area contributed by atoms with Crippen LogP contribution in [0.4, 0.5) is 47.3 Å². The van der Waals surface area contributed by atoms with Gasteiger partial charge in [0.25, 0.3) is 0 Å². The lowest BCUT2D eigenvalue weighted by Crippen LogP contribution is -2.61. The molecule has 0 aliphatic carbocycles. The van der Waals surface area contributed by atoms with Gasteiger partial charge in [-0.3, -0.25) is 14.5 Å². The van der Waals surface area contributed by atoms with Gasteiger partial charge in [-0.1, -0.05) is 6.92 Å². The molecule has 0 bridgehead atoms. The molecular weight excluding hydrogens is 820 g/mol. The number of nitrogens with two attached hydrogens (primary N) is 1. The Balaban J connectivity index is 1.92. The Kier molecular flexibility index (Phi) is 14.2. The summed E-state index contributed by atoms with van der Waals surface area (Å²) in [6, 6.07) is 2.31. The van der Waals surface area contributed by atoms with Gasteiger partial charge in [0, 0.05) is 12.5 Å². The number of ether oxygens (including phenoxy) is 4. The van der Waals surface area contributed by atoms with E-state index in [4.69, 9.17) is 24.7 Å². The number of halogens is 6. The first kappa shape index (κ1) is 47.9. The fraction of sp³-hybridized carbons (Fsp3) is 0.525. The average Bonchev–Trinajstić information content (AvgIpc) is 3.12. The highest BCUT2D eigenvalue weighted by Crippen LogP contribution is 2.46. The number of hydrogen-bond donors (Lipinski definition) is 3. The van der Waals surface area contributed by atoms with E-state index >= 15 is 0 Å². The number of methoxy groups -OCH3 is 1. The number of benzene rings is 1. The van der Waals surface area contributed by atoms with Crippen LogP contribution < -0.4 is 26.0 Å². The predicted molar refractivity (Wildman–Crippen MR) is 207 cm³/mol. The molecule has 3 atom stereocenters. The smallest absolute Gasteiger partial charge is 0.416 e. The lowest BCUT2D eigenvalue weighted by molar-refractivity contribution is -0.156. The molecule has 0 unspecified atom stereocenters. The zero-order valence-electron chi connectivity index (χ0n) is 35.1. The second kappa shape index (κ2) is 18.1. The predicted octanol–water partition coefficient (Wildman–Crippen LogP) is 7.64. The molecule has 1 aliphatic rings. The van der Waals surface area contributed by atoms with Crippen LogP contribution in [0, 0.1) is 0 Å². The molecular formula is C40H49F6N7O8. The van der Waals surface area contributed by atoms with Crippen LogP contribution in [0.2, 0.25) is 0 Å². The average molecular weight is 870 g/mol. The number of alkyl halides is 6. The van der Waals surface area contributed by atoms with Crippen molar-refractivity contribution < 1.29 is 64.5 Å². The highest BCUT2D eigenvalue weighted by atomic mass is 19.4. The van der Waals surface area contributed by atoms with E-state index in [1.165, 1.54) is 24.1 Å². The Bertz CT molecular complexity index is 2060. The molecule has 1 aromatic carbocycles. The molecule has 21 heteroatoms. The number of nitrogens with zero attached hydrogens (tertiary/aromatic N) is 4. The van der Waals surface area contributed by atoms with Crippen LogP contribution in [0.3, 0.4) is 0 Å². The van der Waals surface area contributed by atoms with Crippen LogP contribution >= 0.6 is 0 Å². The standard InChI is InChI=1S/C40H49F6N7O8/c1-10-38(47)19-24(31-28(12-13-29(52-31)58-9)53(38)35(57)59-11-2)32-48-20-27(25(49-32)16-21-14-22(39(41,42)43)17-23(15-21)40(44,45)46)50-33(55)26(18-30(54)60-36(3,4)5)51-34(56)61-37(6,7)8/h12-15,17,20,24,26H,10-11,16,18-19,47H2,1-9H3,(H,50,55)(H,51,56)/t24-,26-,38+/m0/s1. The first-order valence-corrected chi connectivity index (χ1v) is 19.0. The van der Waals surface area contributed by atoms with E-state index in [2.05, 4.69) is 25.6 Å². The van der Waals surface area contributed by atoms with E-state index in [0.717, 1.165) is 6.20 Å². The van der Waals surface area contributed by atoms with Crippen LogP contribution in [0.1, 0.15) is 114 Å². The second-order valence-corrected chi connectivity index (χ2v) is 16.2. The molecule has 2 aromatic heterocycles. The van der Waals surface area contributed by atoms with Crippen molar-refractivity contribution in [3.8, 4) is 5.88 Å². The Hall–Kier alpha value is -5.73. The van der Waals surface area contributed by atoms with Gasteiger partial charge in [-0.15, -0.1) is 0 Å². The molecule has 334 valence electrons. The first-order chi connectivity index (χ1) is 28.1. The third kappa shape index (κ3) is 12.4. The zero-order valence-corrected chi connectivity index (χ0v) is 35.1. The van der Waals surface area contributed by atoms with Crippen molar-refractivity contribution in [2.24, 2.45) is 5.73 Å². The molecule has 0 saturated carbocycles. The molecule has 4 rings (SSSR count). The summed E-state index contributed by atoms with van der Waals surface area (Å²) in [6.45, 7) is 12.7. The van der Waals surface area contributed by atoms with Gasteiger partial charge in [-0.25, -0.2) is 24.5 Å². The minimum Gasteiger partial charge on any atom is -0.481 e. The summed E-state index contributed by atoms with van der Waals surface area (Å²) in [6.07, 6.45) is -12.6. The molecule has 1 aliphatic heterocycles. The molecule has 3 amide bonds. The van der Waals surface area contributed by atoms with Gasteiger partial charge in [0.05, 0.1) is 66.1 Å². The zero-order chi connectivity index (χ0) is 45.9. The largest absolute Gasteiger partial charge is 0.481 e. The number of fused-ring (bicyclic) bond motifs is 1. The Morgan fingerprint density at radius 2 is 1.52 bits per heavy atom. The summed E-state index contributed by atoms with van der Waals surface area (Å²) in [5.74, 6) is -2.95. The number of hydrogen-bond acceptors (Lipinski definition) is 12. The molecule has 0 saturated heterocycles. The number of nitrogens with one attached hydrogen (secondary N) is 2. The first-order valence-electron chi connectivity index (χ1n) is 19.0. The maximum Gasteiger partial charge on any atom is 0.416 e. The van der Waals surface area contributed by atoms with E-state index < -0.39 is 94.8 Å². The van der Waals surface area contributed by atoms with Gasteiger partial charge in [0.1, 0.15) is 28.7 Å². The molecule has 4 N–H and O–H groups in total. The van der Waals surface area contributed by atoms with E-state index in [1.807, 2.05) is 0 Å². The fourth-order valence-electron chi connectivity index (χ4n) is 6.36. The lowest BCUT2D eigenvalue weighted by atomic mass is 9.83. The maximum atomic E-state index is 14.0. The Morgan fingerprint density at radius 1 is 0.918 bits per heavy atom. The van der Waals surface area contributed by atoms with Crippen molar-refractivity contribution in [3.05, 3.63) is 70.4 Å². The number of carbonyl (C=O) groups excluding carboxylic acids is 4. The molecule has 3 aromatic rings. The minimum atomic E-state index is -5.18. The topological polar surface area (TPSA) is 197 Å². The molecule has 0 fully saturated rings. The fourth-order valence-corrected chi connectivity index (χ4v) is 6.36. The van der Waals surface area contributed by atoms with Crippen LogP contribution in [-0.2, 0) is 42.6 Å². The summed E-state index contributed by atoms with van der Waals surface area (Å²) in [5.41, 5.74) is -0.540. The summed E-state index contributed by atoms with van der Waals surface area (Å²) < 4.78 is 105. The maximum absolute atomic E-state index is 14.0. The van der Waals surface area contributed by atoms with Gasteiger partial charge < -0.3 is 35.3 Å². The number of amides is 3. The van der Waals surface area contributed by atoms with Crippen molar-refractivity contribution in [2.75, 3.05) is 23.9 Å². The SMILES string of the molecule is CCOC(=O)N1c2ccc(OC)nc2[C@@H](c2ncc(NC(=O)[C@H](CC(=O)OC(C)(C)C)NC(=O)OC(C)(C)C)c(Cc3cc(C(F)(F)F)cc(C(F)(F)F)c3)n2)C[C@@]1(N)CC. The third-order valence-electron chi connectivity index (χ3n) is 9.00. The molecule has 61 heavy (non-hydrogen) atoms. The quantitative estimate of drug-likeness (QED) is 0.0969. The molecule has 3 heterocycles. The molecule has 0 spiro atoms. The second-order valence-electron chi connectivity index (χ2n) is 16.2. The van der Waals surface area contributed by atoms with Gasteiger partial charge in [0.2, 0.25) is 11.8 Å². The number of rotatable bonds is 11. The van der Waals surface area contributed by atoms with E-state index in [0.29, 0.717) is 12.1 Å². The molecule has 0 radical (unpaired) electrons. The minimum absolute atomic E-state index is 0.00857. The summed E-state index contributed by atoms with van der Waals surface area (Å²) in [4.78, 5) is 67.9. The third-order valence-corrected chi connectivity index (χ3v) is 9.00. The number of alkyl carbamates (subject to hydrolysis) is 1. The van der Waals surface area contributed by atoms with Crippen LogP contribution in [0.25, 0.3) is 0 Å². The Morgan fingerprint density at radius 3 is 2.05 bits per heavy atom. The Labute approximate surface area is 348 Å². The van der Waals surface area contributed by atoms with Crippen LogP contribution in [0.5, 0.6) is 5.88 Å². The molecule has 15 nitrogen and oxygen atoms in total. The number of pyridine rings is 1. The number of aromatic nitrogens is 3. The van der Waals surface area contributed by atoms with Gasteiger partial charge in [0.15, 0.2) is 0 Å². The van der Waals surface area contributed by atoms with Crippen LogP contribution in [0.15, 0.2) is 36.5 Å². The lowest BCUT2D eigenvalue weighted by Gasteiger charge is -2.46. The van der Waals surface area contributed by atoms with E-state index in [-0.39, 0.29) is 60.0 Å². The number of anilines is 2. The summed E-state index contributed by atoms with van der Waals surface area (Å²) in [5, 5.41) is 4.78. The van der Waals surface area contributed by atoms with Gasteiger partial charge in [-0.05, 0) is 91.1 Å². The van der Waals surface area contributed by atoms with Crippen molar-refractivity contribution in [1.82, 2.24) is 20.3 Å². The monoisotopic (exact) mass is 869 g/mol. The normalized spacial score (nSPS) is 17.4. The van der Waals surface area contributed by atoms with Crippen LogP contribution in [-0.4, -0.2) is 75.6 Å². The van der Waals surface area contributed by atoms with Crippen molar-refractivity contribution >= 4 is 35.4 Å². The number of carbonyl (C=O) groups is 4. The summed E-state index contributed by atoms with van der Waals surface area (Å²) >= 11 is 0. The highest BCUT2D eigenvalue weighted by molar-refractivity contribution is 5.99. The highest BCUT2D eigenvalue weighted by Gasteiger charge is 2.47. The van der Waals surface area contributed by atoms with Crippen molar-refractivity contribution in [1.29, 1.82) is 0 Å². The van der Waals surface area contributed by atoms with E-state index in [9.17, 15) is 45.5 Å². The van der Waals surface area contributed by atoms with Gasteiger partial charge in [-0.2, -0.15) is 26.3 Å². The van der Waals surface area contributed by atoms with E-state index in [1.54, 1.807) is 55.4 Å². The van der Waals surface area contributed by atoms with Crippen molar-refractivity contribution in [3.63, 3.8) is 0 Å². The van der Waals surface area contributed by atoms with Crippen molar-refractivity contribution in [2.45, 2.75) is 122 Å². The summed E-state index contributed by atoms with van der Waals surface area (Å²) in [7, 11) is 1.35.